The van der Waals surface area contributed by atoms with E-state index < -0.39 is 5.60 Å². The van der Waals surface area contributed by atoms with Gasteiger partial charge in [-0.1, -0.05) is 63.1 Å². The molecule has 0 radical (unpaired) electrons. The Hall–Kier alpha value is -3.25. The molecule has 6 nitrogen and oxygen atoms in total. The third-order valence-electron chi connectivity index (χ3n) is 10.7. The van der Waals surface area contributed by atoms with Crippen molar-refractivity contribution < 1.29 is 19.0 Å². The van der Waals surface area contributed by atoms with Crippen LogP contribution in [-0.2, 0) is 4.74 Å². The van der Waals surface area contributed by atoms with Gasteiger partial charge in [0.25, 0.3) is 0 Å². The molecule has 6 heteroatoms. The molecule has 0 aromatic heterocycles. The number of benzene rings is 2. The monoisotopic (exact) mass is 670 g/mol. The normalized spacial score (nSPS) is 24.5. The molecule has 2 aliphatic carbocycles. The molecule has 0 bridgehead atoms. The molecule has 268 valence electrons. The van der Waals surface area contributed by atoms with E-state index in [0.29, 0.717) is 25.3 Å². The van der Waals surface area contributed by atoms with Crippen LogP contribution < -0.4 is 14.8 Å². The van der Waals surface area contributed by atoms with Gasteiger partial charge in [0.1, 0.15) is 17.1 Å². The summed E-state index contributed by atoms with van der Waals surface area (Å²) in [5, 5.41) is 3.36. The molecule has 2 aliphatic heterocycles. The van der Waals surface area contributed by atoms with Crippen molar-refractivity contribution in [2.45, 2.75) is 129 Å². The Morgan fingerprint density at radius 3 is 1.59 bits per heavy atom. The zero-order valence-corrected chi connectivity index (χ0v) is 31.0. The summed E-state index contributed by atoms with van der Waals surface area (Å²) >= 11 is 0. The summed E-state index contributed by atoms with van der Waals surface area (Å²) in [5.74, 6) is 3.82. The van der Waals surface area contributed by atoms with Crippen molar-refractivity contribution in [3.8, 4) is 11.5 Å². The van der Waals surface area contributed by atoms with E-state index in [0.717, 1.165) is 49.3 Å². The topological polar surface area (TPSA) is 60.0 Å². The Kier molecular flexibility index (Phi) is 13.7. The summed E-state index contributed by atoms with van der Waals surface area (Å²) in [5.41, 5.74) is 4.86. The Bertz CT molecular complexity index is 1360. The smallest absolute Gasteiger partial charge is 0.410 e. The number of rotatable bonds is 8. The molecule has 2 aromatic carbocycles. The third-order valence-corrected chi connectivity index (χ3v) is 10.7. The Balaban J connectivity index is 0.000000199. The van der Waals surface area contributed by atoms with Crippen molar-refractivity contribution >= 4 is 17.2 Å². The molecular weight excluding hydrogens is 608 g/mol. The zero-order chi connectivity index (χ0) is 34.6. The van der Waals surface area contributed by atoms with Gasteiger partial charge in [-0.2, -0.15) is 0 Å². The molecule has 6 rings (SSSR count). The van der Waals surface area contributed by atoms with E-state index >= 15 is 0 Å². The molecule has 0 atom stereocenters. The van der Waals surface area contributed by atoms with Gasteiger partial charge < -0.3 is 24.4 Å². The first-order chi connectivity index (χ1) is 23.7. The van der Waals surface area contributed by atoms with Gasteiger partial charge in [0.2, 0.25) is 0 Å². The number of carbonyl (C=O) groups is 1. The predicted molar refractivity (Wildman–Crippen MR) is 202 cm³/mol. The largest absolute Gasteiger partial charge is 0.490 e. The highest BCUT2D eigenvalue weighted by Crippen LogP contribution is 2.32. The van der Waals surface area contributed by atoms with Gasteiger partial charge in [-0.25, -0.2) is 4.79 Å². The quantitative estimate of drug-likeness (QED) is 0.303. The van der Waals surface area contributed by atoms with Gasteiger partial charge in [0.15, 0.2) is 0 Å². The standard InChI is InChI=1S/C24H35NO3.C19H27NO/c1-5-18-6-10-21(11-7-18)27-22-12-8-19(9-13-22)20-14-16-25(17-15-20)23(26)28-24(2,3)4;1-2-15-3-7-18(8-4-15)21-19-9-5-16(6-10-19)17-11-13-20-14-12-17/h8-9,12-14,18,21H,5-7,10-11,15-17H2,1-4H3;5-6,9-11,15,18,20H,2-4,7-8,12-14H2,1H3. The van der Waals surface area contributed by atoms with Gasteiger partial charge in [-0.3, -0.25) is 0 Å². The Labute approximate surface area is 296 Å². The number of hydrogen-bond acceptors (Lipinski definition) is 5. The van der Waals surface area contributed by atoms with Crippen LogP contribution in [0.15, 0.2) is 60.7 Å². The van der Waals surface area contributed by atoms with E-state index in [2.05, 4.69) is 79.8 Å². The summed E-state index contributed by atoms with van der Waals surface area (Å²) in [6, 6.07) is 17.2. The second-order valence-electron chi connectivity index (χ2n) is 15.5. The molecule has 0 unspecified atom stereocenters. The lowest BCUT2D eigenvalue weighted by Gasteiger charge is -2.30. The predicted octanol–water partition coefficient (Wildman–Crippen LogP) is 10.5. The molecule has 2 heterocycles. The van der Waals surface area contributed by atoms with Crippen LogP contribution in [0.3, 0.4) is 0 Å². The molecule has 0 spiro atoms. The first-order valence-corrected chi connectivity index (χ1v) is 19.3. The second kappa shape index (κ2) is 18.1. The SMILES string of the molecule is CCC1CCC(Oc2ccc(C3=CCN(C(=O)OC(C)(C)C)CC3)cc2)CC1.CCC1CCC(Oc2ccc(C3=CCNCC3)cc2)CC1. The van der Waals surface area contributed by atoms with E-state index in [9.17, 15) is 4.79 Å². The van der Waals surface area contributed by atoms with Crippen LogP contribution in [0.5, 0.6) is 11.5 Å². The van der Waals surface area contributed by atoms with Crippen molar-refractivity contribution in [1.82, 2.24) is 10.2 Å². The van der Waals surface area contributed by atoms with Gasteiger partial charge in [-0.05, 0) is 150 Å². The highest BCUT2D eigenvalue weighted by atomic mass is 16.6. The summed E-state index contributed by atoms with van der Waals surface area (Å²) in [7, 11) is 0. The van der Waals surface area contributed by atoms with Crippen LogP contribution in [-0.4, -0.2) is 55.0 Å². The summed E-state index contributed by atoms with van der Waals surface area (Å²) in [6.07, 6.45) is 19.6. The van der Waals surface area contributed by atoms with Crippen molar-refractivity contribution in [2.24, 2.45) is 11.8 Å². The Morgan fingerprint density at radius 2 is 1.20 bits per heavy atom. The fourth-order valence-corrected chi connectivity index (χ4v) is 7.50. The number of hydrogen-bond donors (Lipinski definition) is 1. The average molecular weight is 671 g/mol. The minimum atomic E-state index is -0.452. The minimum Gasteiger partial charge on any atom is -0.490 e. The highest BCUT2D eigenvalue weighted by Gasteiger charge is 2.25. The van der Waals surface area contributed by atoms with Gasteiger partial charge in [-0.15, -0.1) is 0 Å². The maximum atomic E-state index is 12.2. The van der Waals surface area contributed by atoms with E-state index in [4.69, 9.17) is 14.2 Å². The van der Waals surface area contributed by atoms with E-state index in [1.165, 1.54) is 86.5 Å². The first-order valence-electron chi connectivity index (χ1n) is 19.3. The van der Waals surface area contributed by atoms with Gasteiger partial charge in [0, 0.05) is 19.6 Å². The summed E-state index contributed by atoms with van der Waals surface area (Å²) in [4.78, 5) is 14.0. The minimum absolute atomic E-state index is 0.232. The lowest BCUT2D eigenvalue weighted by Crippen LogP contribution is -2.39. The highest BCUT2D eigenvalue weighted by molar-refractivity contribution is 5.73. The van der Waals surface area contributed by atoms with Gasteiger partial charge >= 0.3 is 6.09 Å². The molecule has 2 fully saturated rings. The fourth-order valence-electron chi connectivity index (χ4n) is 7.50. The number of ether oxygens (including phenoxy) is 3. The number of carbonyl (C=O) groups excluding carboxylic acids is 1. The molecular formula is C43H62N2O4. The molecule has 49 heavy (non-hydrogen) atoms. The lowest BCUT2D eigenvalue weighted by molar-refractivity contribution is 0.0270. The first kappa shape index (κ1) is 37.0. The summed E-state index contributed by atoms with van der Waals surface area (Å²) < 4.78 is 17.8. The molecule has 2 aromatic rings. The van der Waals surface area contributed by atoms with Crippen molar-refractivity contribution in [3.05, 3.63) is 71.8 Å². The molecule has 2 saturated carbocycles. The average Bonchev–Trinajstić information content (AvgIpc) is 3.13. The van der Waals surface area contributed by atoms with E-state index in [1.807, 2.05) is 20.8 Å². The number of nitrogens with one attached hydrogen (secondary N) is 1. The maximum absolute atomic E-state index is 12.2. The third kappa shape index (κ3) is 11.7. The van der Waals surface area contributed by atoms with Crippen LogP contribution in [0.4, 0.5) is 4.79 Å². The summed E-state index contributed by atoms with van der Waals surface area (Å²) in [6.45, 7) is 13.7. The fraction of sp³-hybridized carbons (Fsp3) is 0.605. The molecule has 1 amide bonds. The van der Waals surface area contributed by atoms with Crippen molar-refractivity contribution in [2.75, 3.05) is 26.2 Å². The van der Waals surface area contributed by atoms with Crippen LogP contribution in [0, 0.1) is 11.8 Å². The van der Waals surface area contributed by atoms with E-state index in [-0.39, 0.29) is 6.09 Å². The molecule has 4 aliphatic rings. The second-order valence-corrected chi connectivity index (χ2v) is 15.5. The van der Waals surface area contributed by atoms with Crippen LogP contribution in [0.1, 0.15) is 123 Å². The van der Waals surface area contributed by atoms with Gasteiger partial charge in [0.05, 0.1) is 12.2 Å². The molecule has 1 N–H and O–H groups in total. The zero-order valence-electron chi connectivity index (χ0n) is 31.0. The van der Waals surface area contributed by atoms with E-state index in [1.54, 1.807) is 4.90 Å². The lowest BCUT2D eigenvalue weighted by atomic mass is 9.86. The van der Waals surface area contributed by atoms with Crippen LogP contribution in [0.2, 0.25) is 0 Å². The number of nitrogens with zero attached hydrogens (tertiary/aromatic N) is 1. The molecule has 0 saturated heterocycles. The van der Waals surface area contributed by atoms with Crippen LogP contribution >= 0.6 is 0 Å². The van der Waals surface area contributed by atoms with Crippen molar-refractivity contribution in [3.63, 3.8) is 0 Å². The number of amides is 1. The van der Waals surface area contributed by atoms with Crippen LogP contribution in [0.25, 0.3) is 11.1 Å². The Morgan fingerprint density at radius 1 is 0.714 bits per heavy atom. The van der Waals surface area contributed by atoms with Crippen molar-refractivity contribution in [1.29, 1.82) is 0 Å². The maximum Gasteiger partial charge on any atom is 0.410 e.